The second kappa shape index (κ2) is 9.77. The fourth-order valence-corrected chi connectivity index (χ4v) is 4.27. The summed E-state index contributed by atoms with van der Waals surface area (Å²) in [6.07, 6.45) is -4.42. The monoisotopic (exact) mass is 449 g/mol. The van der Waals surface area contributed by atoms with E-state index in [1.54, 1.807) is 6.07 Å². The number of nitrogens with zero attached hydrogens (tertiary/aromatic N) is 2. The lowest BCUT2D eigenvalue weighted by Crippen LogP contribution is -2.38. The normalized spacial score (nSPS) is 23.6. The first-order chi connectivity index (χ1) is 14.5. The maximum Gasteiger partial charge on any atom is 0.433 e. The Morgan fingerprint density at radius 2 is 1.97 bits per heavy atom. The van der Waals surface area contributed by atoms with Gasteiger partial charge in [-0.25, -0.2) is 13.8 Å². The molecule has 0 radical (unpaired) electrons. The molecule has 1 aliphatic carbocycles. The number of hydrogen-bond acceptors (Lipinski definition) is 4. The van der Waals surface area contributed by atoms with Gasteiger partial charge in [0.15, 0.2) is 0 Å². The van der Waals surface area contributed by atoms with Gasteiger partial charge in [-0.05, 0) is 44.4 Å². The minimum atomic E-state index is -4.48. The van der Waals surface area contributed by atoms with E-state index in [0.29, 0.717) is 38.2 Å². The van der Waals surface area contributed by atoms with E-state index >= 15 is 0 Å². The fourth-order valence-electron chi connectivity index (χ4n) is 4.27. The first-order valence-electron chi connectivity index (χ1n) is 10.6. The van der Waals surface area contributed by atoms with E-state index in [9.17, 15) is 31.9 Å². The van der Waals surface area contributed by atoms with Crippen molar-refractivity contribution in [2.24, 2.45) is 5.92 Å². The number of nitrogens with one attached hydrogen (secondary N) is 1. The second-order valence-corrected chi connectivity index (χ2v) is 8.55. The molecule has 2 aliphatic rings. The van der Waals surface area contributed by atoms with Crippen molar-refractivity contribution in [2.45, 2.75) is 62.6 Å². The number of likely N-dealkylation sites (tertiary alicyclic amines) is 1. The molecular weight excluding hydrogens is 421 g/mol. The number of alkyl halides is 5. The molecule has 10 heteroatoms. The van der Waals surface area contributed by atoms with Crippen LogP contribution < -0.4 is 5.32 Å². The summed E-state index contributed by atoms with van der Waals surface area (Å²) in [5.41, 5.74) is -0.502. The van der Waals surface area contributed by atoms with Crippen LogP contribution in [0, 0.1) is 5.92 Å². The van der Waals surface area contributed by atoms with Crippen LogP contribution >= 0.6 is 0 Å². The zero-order valence-electron chi connectivity index (χ0n) is 17.2. The summed E-state index contributed by atoms with van der Waals surface area (Å²) in [5, 5.41) is 13.0. The molecule has 0 aromatic carbocycles. The van der Waals surface area contributed by atoms with Gasteiger partial charge in [-0.2, -0.15) is 13.2 Å². The second-order valence-electron chi connectivity index (χ2n) is 8.55. The van der Waals surface area contributed by atoms with Gasteiger partial charge in [0.05, 0.1) is 6.10 Å². The average Bonchev–Trinajstić information content (AvgIpc) is 3.15. The molecule has 1 unspecified atom stereocenters. The molecule has 2 fully saturated rings. The highest BCUT2D eigenvalue weighted by Gasteiger charge is 2.37. The zero-order chi connectivity index (χ0) is 22.6. The van der Waals surface area contributed by atoms with Gasteiger partial charge < -0.3 is 15.3 Å². The van der Waals surface area contributed by atoms with Gasteiger partial charge in [-0.3, -0.25) is 4.79 Å². The van der Waals surface area contributed by atoms with E-state index < -0.39 is 29.8 Å². The SMILES string of the molecule is O=C(NCC[C@@H](O)CN1CCC(c2cccc(C(F)(F)F)n2)C1)C1CCC(F)(F)CC1. The number of hydrogen-bond donors (Lipinski definition) is 2. The summed E-state index contributed by atoms with van der Waals surface area (Å²) in [5.74, 6) is -3.46. The molecule has 1 saturated heterocycles. The van der Waals surface area contributed by atoms with E-state index in [2.05, 4.69) is 10.3 Å². The number of β-amino-alcohol motifs (C(OH)–C–C–N with tert-alkyl or cyclic N) is 1. The molecule has 0 bridgehead atoms. The summed E-state index contributed by atoms with van der Waals surface area (Å²) in [7, 11) is 0. The number of carbonyl (C=O) groups is 1. The number of rotatable bonds is 7. The highest BCUT2D eigenvalue weighted by Crippen LogP contribution is 2.36. The molecule has 2 atom stereocenters. The van der Waals surface area contributed by atoms with Crippen LogP contribution in [0.1, 0.15) is 55.8 Å². The van der Waals surface area contributed by atoms with Gasteiger partial charge in [0.2, 0.25) is 11.8 Å². The predicted octanol–water partition coefficient (Wildman–Crippen LogP) is 3.58. The lowest BCUT2D eigenvalue weighted by Gasteiger charge is -2.27. The third-order valence-electron chi connectivity index (χ3n) is 6.09. The van der Waals surface area contributed by atoms with Gasteiger partial charge >= 0.3 is 6.18 Å². The van der Waals surface area contributed by atoms with Crippen molar-refractivity contribution in [1.29, 1.82) is 0 Å². The molecule has 1 aromatic heterocycles. The first-order valence-corrected chi connectivity index (χ1v) is 10.6. The van der Waals surface area contributed by atoms with Crippen molar-refractivity contribution in [3.63, 3.8) is 0 Å². The molecule has 1 aliphatic heterocycles. The van der Waals surface area contributed by atoms with Crippen LogP contribution in [-0.2, 0) is 11.0 Å². The Balaban J connectivity index is 1.38. The Labute approximate surface area is 178 Å². The lowest BCUT2D eigenvalue weighted by atomic mass is 9.86. The summed E-state index contributed by atoms with van der Waals surface area (Å²) in [4.78, 5) is 17.8. The molecule has 1 saturated carbocycles. The van der Waals surface area contributed by atoms with Gasteiger partial charge in [0.25, 0.3) is 0 Å². The Morgan fingerprint density at radius 3 is 2.65 bits per heavy atom. The maximum atomic E-state index is 13.2. The van der Waals surface area contributed by atoms with Crippen LogP contribution in [0.2, 0.25) is 0 Å². The molecule has 0 spiro atoms. The highest BCUT2D eigenvalue weighted by molar-refractivity contribution is 5.78. The topological polar surface area (TPSA) is 65.5 Å². The van der Waals surface area contributed by atoms with Gasteiger partial charge in [-0.1, -0.05) is 6.07 Å². The standard InChI is InChI=1S/C21H28F5N3O2/c22-20(23)8-4-14(5-9-20)19(31)27-10-6-16(30)13-29-11-7-15(12-29)17-2-1-3-18(28-17)21(24,25)26/h1-3,14-16,30H,4-13H2,(H,27,31)/t15?,16-/m1/s1. The quantitative estimate of drug-likeness (QED) is 0.625. The van der Waals surface area contributed by atoms with Crippen molar-refractivity contribution >= 4 is 5.91 Å². The first kappa shape index (κ1) is 23.8. The van der Waals surface area contributed by atoms with Crippen molar-refractivity contribution < 1.29 is 31.9 Å². The Bertz CT molecular complexity index is 749. The summed E-state index contributed by atoms with van der Waals surface area (Å²) in [6, 6.07) is 3.91. The van der Waals surface area contributed by atoms with Crippen molar-refractivity contribution in [2.75, 3.05) is 26.2 Å². The average molecular weight is 449 g/mol. The molecule has 1 aromatic rings. The summed E-state index contributed by atoms with van der Waals surface area (Å²) < 4.78 is 64.9. The van der Waals surface area contributed by atoms with Gasteiger partial charge in [0, 0.05) is 50.0 Å². The molecule has 31 heavy (non-hydrogen) atoms. The van der Waals surface area contributed by atoms with Crippen LogP contribution in [0.3, 0.4) is 0 Å². The van der Waals surface area contributed by atoms with Gasteiger partial charge in [-0.15, -0.1) is 0 Å². The molecule has 2 heterocycles. The van der Waals surface area contributed by atoms with Crippen LogP contribution in [0.15, 0.2) is 18.2 Å². The summed E-state index contributed by atoms with van der Waals surface area (Å²) in [6.45, 7) is 1.75. The van der Waals surface area contributed by atoms with E-state index in [0.717, 1.165) is 6.07 Å². The van der Waals surface area contributed by atoms with E-state index in [-0.39, 0.29) is 44.1 Å². The Hall–Kier alpha value is -1.81. The summed E-state index contributed by atoms with van der Waals surface area (Å²) >= 11 is 0. The largest absolute Gasteiger partial charge is 0.433 e. The maximum absolute atomic E-state index is 13.2. The molecular formula is C21H28F5N3O2. The number of halogens is 5. The van der Waals surface area contributed by atoms with Crippen molar-refractivity contribution in [3.05, 3.63) is 29.6 Å². The third-order valence-corrected chi connectivity index (χ3v) is 6.09. The predicted molar refractivity (Wildman–Crippen MR) is 104 cm³/mol. The number of aliphatic hydroxyl groups is 1. The van der Waals surface area contributed by atoms with Crippen LogP contribution in [0.5, 0.6) is 0 Å². The lowest BCUT2D eigenvalue weighted by molar-refractivity contribution is -0.141. The van der Waals surface area contributed by atoms with E-state index in [1.807, 2.05) is 4.90 Å². The van der Waals surface area contributed by atoms with Crippen LogP contribution in [0.25, 0.3) is 0 Å². The van der Waals surface area contributed by atoms with Crippen molar-refractivity contribution in [3.8, 4) is 0 Å². The van der Waals surface area contributed by atoms with E-state index in [4.69, 9.17) is 0 Å². The number of pyridine rings is 1. The number of amides is 1. The Kier molecular flexibility index (Phi) is 7.51. The minimum Gasteiger partial charge on any atom is -0.392 e. The van der Waals surface area contributed by atoms with Gasteiger partial charge in [0.1, 0.15) is 5.69 Å². The smallest absolute Gasteiger partial charge is 0.392 e. The fraction of sp³-hybridized carbons (Fsp3) is 0.714. The molecule has 2 N–H and O–H groups in total. The number of carbonyl (C=O) groups excluding carboxylic acids is 1. The van der Waals surface area contributed by atoms with E-state index in [1.165, 1.54) is 6.07 Å². The minimum absolute atomic E-state index is 0.126. The number of aliphatic hydroxyl groups excluding tert-OH is 1. The molecule has 1 amide bonds. The molecule has 174 valence electrons. The van der Waals surface area contributed by atoms with Crippen LogP contribution in [0.4, 0.5) is 22.0 Å². The zero-order valence-corrected chi connectivity index (χ0v) is 17.2. The van der Waals surface area contributed by atoms with Crippen LogP contribution in [-0.4, -0.2) is 59.1 Å². The molecule has 5 nitrogen and oxygen atoms in total. The Morgan fingerprint density at radius 1 is 1.26 bits per heavy atom. The van der Waals surface area contributed by atoms with Crippen molar-refractivity contribution in [1.82, 2.24) is 15.2 Å². The highest BCUT2D eigenvalue weighted by atomic mass is 19.4. The molecule has 3 rings (SSSR count). The number of aromatic nitrogens is 1. The third kappa shape index (κ3) is 6.83.